The lowest BCUT2D eigenvalue weighted by atomic mass is 9.82. The van der Waals surface area contributed by atoms with Crippen molar-refractivity contribution < 1.29 is 19.2 Å². The zero-order chi connectivity index (χ0) is 25.6. The number of carbonyl (C=O) groups excluding carboxylic acids is 2. The van der Waals surface area contributed by atoms with Crippen LogP contribution in [-0.2, 0) is 25.7 Å². The van der Waals surface area contributed by atoms with Gasteiger partial charge in [-0.15, -0.1) is 0 Å². The molecule has 4 unspecified atom stereocenters. The first-order valence-corrected chi connectivity index (χ1v) is 13.1. The van der Waals surface area contributed by atoms with E-state index in [0.29, 0.717) is 6.54 Å². The van der Waals surface area contributed by atoms with Crippen molar-refractivity contribution in [3.8, 4) is 11.2 Å². The maximum absolute atomic E-state index is 12.4. The highest BCUT2D eigenvalue weighted by Crippen LogP contribution is 2.45. The van der Waals surface area contributed by atoms with Crippen LogP contribution in [0.4, 0.5) is 0 Å². The van der Waals surface area contributed by atoms with Crippen LogP contribution in [0.25, 0.3) is 0 Å². The average molecular weight is 497 g/mol. The van der Waals surface area contributed by atoms with E-state index in [0.717, 1.165) is 35.3 Å². The van der Waals surface area contributed by atoms with E-state index in [1.807, 2.05) is 81.3 Å². The van der Waals surface area contributed by atoms with E-state index in [1.54, 1.807) is 0 Å². The lowest BCUT2D eigenvalue weighted by Crippen LogP contribution is -2.36. The molecule has 2 saturated heterocycles. The fourth-order valence-electron chi connectivity index (χ4n) is 4.45. The van der Waals surface area contributed by atoms with Crippen LogP contribution in [0.15, 0.2) is 59.5 Å². The Morgan fingerprint density at radius 3 is 2.37 bits per heavy atom. The molecule has 3 aliphatic rings. The highest BCUT2D eigenvalue weighted by Gasteiger charge is 2.58. The van der Waals surface area contributed by atoms with Gasteiger partial charge in [-0.05, 0) is 60.0 Å². The number of carbonyl (C=O) groups is 2. The number of ether oxygens (including phenoxy) is 1. The summed E-state index contributed by atoms with van der Waals surface area (Å²) in [6, 6.07) is 17.9. The van der Waals surface area contributed by atoms with Gasteiger partial charge in [0.05, 0.1) is 18.6 Å². The Hall–Kier alpha value is -2.79. The SMILES string of the molecule is CC.CC.NC=O.O=C1OC2CCCC3ON(Cc4ccccc4C#CSc4ccccc4)C1C23. The molecule has 0 spiro atoms. The molecule has 2 aromatic rings. The van der Waals surface area contributed by atoms with Gasteiger partial charge in [-0.2, -0.15) is 5.06 Å². The second-order valence-electron chi connectivity index (χ2n) is 7.58. The Kier molecular flexibility index (Phi) is 12.4. The smallest absolute Gasteiger partial charge is 0.326 e. The molecular formula is C28H36N2O4S. The zero-order valence-electron chi connectivity index (χ0n) is 21.0. The molecule has 0 radical (unpaired) electrons. The fourth-order valence-corrected chi connectivity index (χ4v) is 5.02. The van der Waals surface area contributed by atoms with Crippen molar-refractivity contribution >= 4 is 24.1 Å². The quantitative estimate of drug-likeness (QED) is 0.274. The molecule has 4 atom stereocenters. The molecule has 1 aliphatic carbocycles. The predicted molar refractivity (Wildman–Crippen MR) is 140 cm³/mol. The van der Waals surface area contributed by atoms with Crippen LogP contribution in [0.2, 0.25) is 0 Å². The summed E-state index contributed by atoms with van der Waals surface area (Å²) in [4.78, 5) is 28.3. The minimum absolute atomic E-state index is 0.0264. The minimum Gasteiger partial charge on any atom is -0.461 e. The first kappa shape index (κ1) is 28.4. The molecule has 6 nitrogen and oxygen atoms in total. The van der Waals surface area contributed by atoms with Crippen LogP contribution in [0.1, 0.15) is 58.1 Å². The first-order chi connectivity index (χ1) is 17.2. The van der Waals surface area contributed by atoms with Crippen LogP contribution in [-0.4, -0.2) is 35.7 Å². The maximum Gasteiger partial charge on any atom is 0.326 e. The van der Waals surface area contributed by atoms with Crippen LogP contribution < -0.4 is 5.73 Å². The molecule has 7 heteroatoms. The molecule has 188 valence electrons. The number of nitrogens with zero attached hydrogens (tertiary/aromatic N) is 1. The number of hydrogen-bond acceptors (Lipinski definition) is 6. The van der Waals surface area contributed by atoms with E-state index in [-0.39, 0.29) is 36.5 Å². The Labute approximate surface area is 213 Å². The molecule has 1 saturated carbocycles. The van der Waals surface area contributed by atoms with E-state index < -0.39 is 0 Å². The van der Waals surface area contributed by atoms with Gasteiger partial charge >= 0.3 is 5.97 Å². The summed E-state index contributed by atoms with van der Waals surface area (Å²) in [5.74, 6) is 3.31. The van der Waals surface area contributed by atoms with Crippen molar-refractivity contribution in [1.82, 2.24) is 5.06 Å². The largest absolute Gasteiger partial charge is 0.461 e. The summed E-state index contributed by atoms with van der Waals surface area (Å²) in [6.07, 6.45) is 3.39. The average Bonchev–Trinajstić information content (AvgIpc) is 3.45. The molecule has 0 bridgehead atoms. The number of nitrogens with two attached hydrogens (primary N) is 1. The topological polar surface area (TPSA) is 81.9 Å². The fraction of sp³-hybridized carbons (Fsp3) is 0.429. The molecule has 0 aromatic heterocycles. The number of primary amides is 1. The van der Waals surface area contributed by atoms with Crippen molar-refractivity contribution in [3.05, 3.63) is 65.7 Å². The number of amides is 1. The Bertz CT molecular complexity index is 989. The maximum atomic E-state index is 12.4. The second kappa shape index (κ2) is 15.3. The lowest BCUT2D eigenvalue weighted by Gasteiger charge is -2.26. The Morgan fingerprint density at radius 1 is 1.03 bits per heavy atom. The van der Waals surface area contributed by atoms with E-state index >= 15 is 0 Å². The lowest BCUT2D eigenvalue weighted by molar-refractivity contribution is -0.195. The summed E-state index contributed by atoms with van der Waals surface area (Å²) in [6.45, 7) is 8.54. The van der Waals surface area contributed by atoms with Crippen LogP contribution in [0.3, 0.4) is 0 Å². The summed E-state index contributed by atoms with van der Waals surface area (Å²) in [7, 11) is 0. The van der Waals surface area contributed by atoms with E-state index in [9.17, 15) is 4.79 Å². The van der Waals surface area contributed by atoms with Crippen LogP contribution in [0.5, 0.6) is 0 Å². The molecule has 2 aromatic carbocycles. The summed E-state index contributed by atoms with van der Waals surface area (Å²) < 4.78 is 5.62. The molecular weight excluding hydrogens is 460 g/mol. The molecule has 2 aliphatic heterocycles. The predicted octanol–water partition coefficient (Wildman–Crippen LogP) is 5.15. The monoisotopic (exact) mass is 496 g/mol. The third-order valence-corrected chi connectivity index (χ3v) is 6.44. The highest BCUT2D eigenvalue weighted by atomic mass is 32.2. The van der Waals surface area contributed by atoms with E-state index in [2.05, 4.69) is 23.0 Å². The van der Waals surface area contributed by atoms with Crippen LogP contribution in [0, 0.1) is 17.1 Å². The summed E-state index contributed by atoms with van der Waals surface area (Å²) >= 11 is 1.52. The molecule has 35 heavy (non-hydrogen) atoms. The standard InChI is InChI=1S/C23H21NO3S.2C2H6.CH3NO/c25-23-22-21-19(26-23)11-6-12-20(21)27-24(22)15-17-8-5-4-7-16(17)13-14-28-18-9-2-1-3-10-18;2*1-2;2-1-3/h1-5,7-10,19-22H,6,11-12,15H2;2*1-2H3;1H,(H2,2,3). The number of esters is 1. The molecule has 1 amide bonds. The highest BCUT2D eigenvalue weighted by molar-refractivity contribution is 8.04. The molecule has 2 N–H and O–H groups in total. The van der Waals surface area contributed by atoms with Gasteiger partial charge in [-0.25, -0.2) is 0 Å². The molecule has 3 fully saturated rings. The van der Waals surface area contributed by atoms with Crippen molar-refractivity contribution in [2.75, 3.05) is 0 Å². The summed E-state index contributed by atoms with van der Waals surface area (Å²) in [5.41, 5.74) is 6.20. The number of hydroxylamine groups is 2. The van der Waals surface area contributed by atoms with E-state index in [1.165, 1.54) is 11.8 Å². The normalized spacial score (nSPS) is 23.4. The minimum atomic E-state index is -0.282. The third-order valence-electron chi connectivity index (χ3n) is 5.73. The van der Waals surface area contributed by atoms with Gasteiger partial charge in [0.1, 0.15) is 12.1 Å². The third kappa shape index (κ3) is 7.35. The van der Waals surface area contributed by atoms with Gasteiger partial charge in [0.25, 0.3) is 0 Å². The Morgan fingerprint density at radius 2 is 1.66 bits per heavy atom. The second-order valence-corrected chi connectivity index (χ2v) is 8.46. The van der Waals surface area contributed by atoms with Gasteiger partial charge in [0.15, 0.2) is 0 Å². The van der Waals surface area contributed by atoms with Crippen molar-refractivity contribution in [2.24, 2.45) is 11.7 Å². The van der Waals surface area contributed by atoms with Gasteiger partial charge < -0.3 is 10.5 Å². The molecule has 5 rings (SSSR count). The van der Waals surface area contributed by atoms with Crippen molar-refractivity contribution in [3.63, 3.8) is 0 Å². The van der Waals surface area contributed by atoms with Gasteiger partial charge in [-0.1, -0.05) is 70.0 Å². The van der Waals surface area contributed by atoms with E-state index in [4.69, 9.17) is 14.4 Å². The number of benzene rings is 2. The van der Waals surface area contributed by atoms with Crippen LogP contribution >= 0.6 is 11.8 Å². The van der Waals surface area contributed by atoms with Gasteiger partial charge in [0.2, 0.25) is 6.41 Å². The van der Waals surface area contributed by atoms with Gasteiger partial charge in [0, 0.05) is 10.5 Å². The van der Waals surface area contributed by atoms with Crippen molar-refractivity contribution in [2.45, 2.75) is 76.6 Å². The number of rotatable bonds is 3. The van der Waals surface area contributed by atoms with Crippen molar-refractivity contribution in [1.29, 1.82) is 0 Å². The number of thioether (sulfide) groups is 1. The summed E-state index contributed by atoms with van der Waals surface area (Å²) in [5, 5.41) is 5.03. The first-order valence-electron chi connectivity index (χ1n) is 12.3. The number of hydrogen-bond donors (Lipinski definition) is 1. The zero-order valence-corrected chi connectivity index (χ0v) is 21.8. The molecule has 2 heterocycles. The Balaban J connectivity index is 0.000000563. The van der Waals surface area contributed by atoms with Gasteiger partial charge in [-0.3, -0.25) is 14.4 Å².